The first-order chi connectivity index (χ1) is 9.70. The lowest BCUT2D eigenvalue weighted by molar-refractivity contribution is 0.0765. The van der Waals surface area contributed by atoms with Crippen LogP contribution in [0.1, 0.15) is 21.6 Å². The van der Waals surface area contributed by atoms with Crippen molar-refractivity contribution in [1.82, 2.24) is 14.3 Å². The molecule has 5 nitrogen and oxygen atoms in total. The maximum Gasteiger partial charge on any atom is 0.254 e. The fraction of sp³-hybridized carbons (Fsp3) is 0.143. The van der Waals surface area contributed by atoms with Crippen LogP contribution in [0, 0.1) is 0 Å². The van der Waals surface area contributed by atoms with E-state index in [0.717, 1.165) is 16.2 Å². The van der Waals surface area contributed by atoms with Gasteiger partial charge in [0.15, 0.2) is 4.96 Å². The van der Waals surface area contributed by atoms with E-state index >= 15 is 0 Å². The van der Waals surface area contributed by atoms with Gasteiger partial charge in [-0.15, -0.1) is 11.3 Å². The van der Waals surface area contributed by atoms with Crippen LogP contribution in [0.5, 0.6) is 0 Å². The summed E-state index contributed by atoms with van der Waals surface area (Å²) in [6.45, 7) is 1.15. The van der Waals surface area contributed by atoms with Crippen molar-refractivity contribution < 1.29 is 4.79 Å². The van der Waals surface area contributed by atoms with Gasteiger partial charge in [-0.2, -0.15) is 0 Å². The number of aromatic nitrogens is 2. The normalized spacial score (nSPS) is 14.2. The highest BCUT2D eigenvalue weighted by Crippen LogP contribution is 2.26. The van der Waals surface area contributed by atoms with E-state index in [-0.39, 0.29) is 5.91 Å². The molecule has 0 saturated carbocycles. The van der Waals surface area contributed by atoms with Gasteiger partial charge in [0, 0.05) is 35.6 Å². The minimum Gasteiger partial charge on any atom is -0.399 e. The Hall–Kier alpha value is -2.34. The van der Waals surface area contributed by atoms with Crippen molar-refractivity contribution in [3.8, 4) is 0 Å². The van der Waals surface area contributed by atoms with Crippen LogP contribution in [0.2, 0.25) is 0 Å². The van der Waals surface area contributed by atoms with Gasteiger partial charge in [-0.05, 0) is 17.7 Å². The van der Waals surface area contributed by atoms with Crippen molar-refractivity contribution in [2.45, 2.75) is 13.1 Å². The summed E-state index contributed by atoms with van der Waals surface area (Å²) >= 11 is 1.59. The van der Waals surface area contributed by atoms with Gasteiger partial charge in [-0.25, -0.2) is 4.98 Å². The molecule has 1 aliphatic heterocycles. The van der Waals surface area contributed by atoms with E-state index in [1.165, 1.54) is 0 Å². The highest BCUT2D eigenvalue weighted by Gasteiger charge is 2.27. The molecule has 1 aliphatic rings. The van der Waals surface area contributed by atoms with Crippen molar-refractivity contribution in [2.24, 2.45) is 0 Å². The zero-order valence-electron chi connectivity index (χ0n) is 10.6. The van der Waals surface area contributed by atoms with Gasteiger partial charge in [0.25, 0.3) is 5.91 Å². The lowest BCUT2D eigenvalue weighted by Gasteiger charge is -2.13. The molecule has 6 heteroatoms. The zero-order chi connectivity index (χ0) is 13.7. The lowest BCUT2D eigenvalue weighted by Crippen LogP contribution is -2.23. The molecule has 0 spiro atoms. The summed E-state index contributed by atoms with van der Waals surface area (Å²) in [4.78, 5) is 19.6. The predicted molar refractivity (Wildman–Crippen MR) is 77.5 cm³/mol. The molecule has 0 saturated heterocycles. The van der Waals surface area contributed by atoms with Crippen LogP contribution in [0.25, 0.3) is 4.96 Å². The number of hydrogen-bond acceptors (Lipinski definition) is 4. The van der Waals surface area contributed by atoms with Gasteiger partial charge in [0.05, 0.1) is 12.2 Å². The van der Waals surface area contributed by atoms with E-state index in [9.17, 15) is 4.79 Å². The van der Waals surface area contributed by atoms with Crippen LogP contribution in [0.3, 0.4) is 0 Å². The maximum atomic E-state index is 12.3. The Kier molecular flexibility index (Phi) is 2.34. The van der Waals surface area contributed by atoms with Gasteiger partial charge in [-0.3, -0.25) is 9.20 Å². The highest BCUT2D eigenvalue weighted by atomic mass is 32.1. The molecule has 3 heterocycles. The summed E-state index contributed by atoms with van der Waals surface area (Å²) in [6.07, 6.45) is 3.94. The van der Waals surface area contributed by atoms with E-state index in [2.05, 4.69) is 4.98 Å². The first kappa shape index (κ1) is 11.5. The van der Waals surface area contributed by atoms with E-state index < -0.39 is 0 Å². The number of carbonyl (C=O) groups excluding carboxylic acids is 1. The van der Waals surface area contributed by atoms with Gasteiger partial charge < -0.3 is 10.6 Å². The number of carbonyl (C=O) groups is 1. The molecule has 0 atom stereocenters. The third kappa shape index (κ3) is 1.69. The summed E-state index contributed by atoms with van der Waals surface area (Å²) in [6, 6.07) is 5.51. The van der Waals surface area contributed by atoms with Crippen LogP contribution in [-0.2, 0) is 13.1 Å². The zero-order valence-corrected chi connectivity index (χ0v) is 11.4. The minimum atomic E-state index is 0.0312. The standard InChI is InChI=1S/C14H12N4OS/c15-10-2-1-9-6-18(13(19)12(9)5-10)8-11-7-17-3-4-20-14(17)16-11/h1-5,7H,6,8,15H2. The topological polar surface area (TPSA) is 63.6 Å². The Morgan fingerprint density at radius 2 is 2.30 bits per heavy atom. The number of thiazole rings is 1. The van der Waals surface area contributed by atoms with Crippen LogP contribution < -0.4 is 5.73 Å². The molecule has 2 aromatic heterocycles. The summed E-state index contributed by atoms with van der Waals surface area (Å²) < 4.78 is 1.98. The predicted octanol–water partition coefficient (Wildman–Crippen LogP) is 2.13. The molecule has 1 aromatic carbocycles. The van der Waals surface area contributed by atoms with Crippen molar-refractivity contribution in [2.75, 3.05) is 5.73 Å². The summed E-state index contributed by atoms with van der Waals surface area (Å²) in [7, 11) is 0. The number of nitrogens with zero attached hydrogens (tertiary/aromatic N) is 3. The molecule has 0 radical (unpaired) electrons. The molecular formula is C14H12N4OS. The third-order valence-corrected chi connectivity index (χ3v) is 4.28. The molecule has 3 aromatic rings. The number of rotatable bonds is 2. The second-order valence-corrected chi connectivity index (χ2v) is 5.78. The molecule has 0 bridgehead atoms. The summed E-state index contributed by atoms with van der Waals surface area (Å²) in [5, 5.41) is 1.99. The summed E-state index contributed by atoms with van der Waals surface area (Å²) in [5.41, 5.74) is 9.02. The second-order valence-electron chi connectivity index (χ2n) is 4.90. The Bertz CT molecular complexity index is 791. The molecular weight excluding hydrogens is 272 g/mol. The quantitative estimate of drug-likeness (QED) is 0.733. The van der Waals surface area contributed by atoms with Crippen LogP contribution in [-0.4, -0.2) is 20.2 Å². The minimum absolute atomic E-state index is 0.0312. The SMILES string of the molecule is Nc1ccc2c(c1)C(=O)N(Cc1cn3ccsc3n1)C2. The number of hydrogen-bond donors (Lipinski definition) is 1. The van der Waals surface area contributed by atoms with Crippen molar-refractivity contribution in [3.05, 3.63) is 52.8 Å². The molecule has 0 fully saturated rings. The van der Waals surface area contributed by atoms with Crippen LogP contribution in [0.15, 0.2) is 36.0 Å². The highest BCUT2D eigenvalue weighted by molar-refractivity contribution is 7.15. The fourth-order valence-corrected chi connectivity index (χ4v) is 3.27. The molecule has 4 rings (SSSR count). The van der Waals surface area contributed by atoms with Gasteiger partial charge in [0.1, 0.15) is 0 Å². The fourth-order valence-electron chi connectivity index (χ4n) is 2.55. The molecule has 100 valence electrons. The first-order valence-electron chi connectivity index (χ1n) is 6.29. The van der Waals surface area contributed by atoms with Gasteiger partial charge >= 0.3 is 0 Å². The molecule has 2 N–H and O–H groups in total. The van der Waals surface area contributed by atoms with E-state index in [1.807, 2.05) is 34.3 Å². The first-order valence-corrected chi connectivity index (χ1v) is 7.17. The van der Waals surface area contributed by atoms with Crippen molar-refractivity contribution >= 4 is 27.9 Å². The van der Waals surface area contributed by atoms with Gasteiger partial charge in [0.2, 0.25) is 0 Å². The lowest BCUT2D eigenvalue weighted by atomic mass is 10.1. The number of fused-ring (bicyclic) bond motifs is 2. The molecule has 0 unspecified atom stereocenters. The number of imidazole rings is 1. The van der Waals surface area contributed by atoms with E-state index in [4.69, 9.17) is 5.73 Å². The number of amides is 1. The third-order valence-electron chi connectivity index (χ3n) is 3.51. The van der Waals surface area contributed by atoms with Crippen LogP contribution >= 0.6 is 11.3 Å². The largest absolute Gasteiger partial charge is 0.399 e. The average molecular weight is 284 g/mol. The number of anilines is 1. The maximum absolute atomic E-state index is 12.3. The molecule has 20 heavy (non-hydrogen) atoms. The Balaban J connectivity index is 1.62. The number of nitrogens with two attached hydrogens (primary N) is 1. The van der Waals surface area contributed by atoms with E-state index in [0.29, 0.717) is 24.3 Å². The smallest absolute Gasteiger partial charge is 0.254 e. The van der Waals surface area contributed by atoms with Gasteiger partial charge in [-0.1, -0.05) is 6.07 Å². The van der Waals surface area contributed by atoms with Crippen LogP contribution in [0.4, 0.5) is 5.69 Å². The summed E-state index contributed by atoms with van der Waals surface area (Å²) in [5.74, 6) is 0.0312. The molecule has 0 aliphatic carbocycles. The second kappa shape index (κ2) is 4.08. The average Bonchev–Trinajstić information content (AvgIpc) is 3.06. The Morgan fingerprint density at radius 3 is 3.15 bits per heavy atom. The van der Waals surface area contributed by atoms with Crippen molar-refractivity contribution in [1.29, 1.82) is 0 Å². The van der Waals surface area contributed by atoms with E-state index in [1.54, 1.807) is 22.3 Å². The monoisotopic (exact) mass is 284 g/mol. The number of benzene rings is 1. The molecule has 1 amide bonds. The Labute approximate surface area is 119 Å². The number of nitrogen functional groups attached to an aromatic ring is 1. The Morgan fingerprint density at radius 1 is 1.40 bits per heavy atom. The van der Waals surface area contributed by atoms with Crippen molar-refractivity contribution in [3.63, 3.8) is 0 Å².